The summed E-state index contributed by atoms with van der Waals surface area (Å²) in [5, 5.41) is 3.80. The summed E-state index contributed by atoms with van der Waals surface area (Å²) in [5.74, 6) is 0. The van der Waals surface area contributed by atoms with Gasteiger partial charge in [-0.05, 0) is 45.9 Å². The zero-order chi connectivity index (χ0) is 12.9. The Morgan fingerprint density at radius 2 is 2.00 bits per heavy atom. The molecule has 0 amide bonds. The Hall–Kier alpha value is 0.270. The maximum Gasteiger partial charge on any atom is 0.0276 e. The summed E-state index contributed by atoms with van der Waals surface area (Å²) >= 11 is 2.03. The van der Waals surface area contributed by atoms with Crippen molar-refractivity contribution in [2.45, 2.75) is 63.8 Å². The molecule has 3 heteroatoms. The van der Waals surface area contributed by atoms with Gasteiger partial charge in [0.1, 0.15) is 0 Å². The lowest BCUT2D eigenvalue weighted by Crippen LogP contribution is -2.43. The van der Waals surface area contributed by atoms with Gasteiger partial charge in [0.05, 0.1) is 0 Å². The second-order valence-corrected chi connectivity index (χ2v) is 6.82. The molecular formula is C14H30N2S. The van der Waals surface area contributed by atoms with Gasteiger partial charge in [-0.3, -0.25) is 4.90 Å². The Morgan fingerprint density at radius 1 is 1.35 bits per heavy atom. The molecule has 0 spiro atoms. The van der Waals surface area contributed by atoms with Crippen LogP contribution in [0.4, 0.5) is 0 Å². The Balaban J connectivity index is 2.36. The van der Waals surface area contributed by atoms with E-state index in [0.717, 1.165) is 6.54 Å². The van der Waals surface area contributed by atoms with Crippen molar-refractivity contribution in [3.8, 4) is 0 Å². The average molecular weight is 258 g/mol. The highest BCUT2D eigenvalue weighted by atomic mass is 32.2. The molecule has 102 valence electrons. The van der Waals surface area contributed by atoms with Gasteiger partial charge in [0, 0.05) is 29.9 Å². The fourth-order valence-electron chi connectivity index (χ4n) is 2.61. The van der Waals surface area contributed by atoms with E-state index in [4.69, 9.17) is 0 Å². The molecule has 1 heterocycles. The minimum atomic E-state index is 0.450. The predicted molar refractivity (Wildman–Crippen MR) is 79.9 cm³/mol. The zero-order valence-corrected chi connectivity index (χ0v) is 13.1. The van der Waals surface area contributed by atoms with Gasteiger partial charge in [-0.1, -0.05) is 13.8 Å². The van der Waals surface area contributed by atoms with E-state index in [1.165, 1.54) is 32.4 Å². The molecule has 0 saturated carbocycles. The van der Waals surface area contributed by atoms with E-state index in [2.05, 4.69) is 44.2 Å². The van der Waals surface area contributed by atoms with Crippen molar-refractivity contribution >= 4 is 11.8 Å². The van der Waals surface area contributed by atoms with Crippen LogP contribution in [0.2, 0.25) is 0 Å². The lowest BCUT2D eigenvalue weighted by Gasteiger charge is -2.31. The quantitative estimate of drug-likeness (QED) is 0.756. The Kier molecular flexibility index (Phi) is 6.32. The molecule has 0 aliphatic carbocycles. The van der Waals surface area contributed by atoms with Gasteiger partial charge in [0.15, 0.2) is 0 Å². The summed E-state index contributed by atoms with van der Waals surface area (Å²) in [7, 11) is 0. The standard InChI is InChI=1S/C14H30N2S/c1-6-14(7-2,17-5)11-15-13-8-9-16(10-13)12(3)4/h12-13,15H,6-11H2,1-5H3. The third kappa shape index (κ3) is 4.15. The maximum absolute atomic E-state index is 3.80. The molecule has 1 atom stereocenters. The van der Waals surface area contributed by atoms with E-state index in [1.807, 2.05) is 11.8 Å². The van der Waals surface area contributed by atoms with E-state index in [0.29, 0.717) is 16.8 Å². The number of likely N-dealkylation sites (tertiary alicyclic amines) is 1. The molecular weight excluding hydrogens is 228 g/mol. The van der Waals surface area contributed by atoms with Gasteiger partial charge in [0.2, 0.25) is 0 Å². The normalized spacial score (nSPS) is 22.6. The van der Waals surface area contributed by atoms with Crippen LogP contribution in [0.25, 0.3) is 0 Å². The molecule has 1 N–H and O–H groups in total. The summed E-state index contributed by atoms with van der Waals surface area (Å²) in [6, 6.07) is 1.41. The van der Waals surface area contributed by atoms with Gasteiger partial charge in [-0.15, -0.1) is 0 Å². The molecule has 17 heavy (non-hydrogen) atoms. The van der Waals surface area contributed by atoms with Crippen molar-refractivity contribution < 1.29 is 0 Å². The van der Waals surface area contributed by atoms with Crippen molar-refractivity contribution in [1.82, 2.24) is 10.2 Å². The first-order valence-corrected chi connectivity index (χ1v) is 8.32. The van der Waals surface area contributed by atoms with Crippen molar-refractivity contribution in [3.63, 3.8) is 0 Å². The van der Waals surface area contributed by atoms with Crippen LogP contribution in [-0.2, 0) is 0 Å². The first kappa shape index (κ1) is 15.3. The molecule has 2 nitrogen and oxygen atoms in total. The number of hydrogen-bond donors (Lipinski definition) is 1. The topological polar surface area (TPSA) is 15.3 Å². The molecule has 1 aliphatic heterocycles. The monoisotopic (exact) mass is 258 g/mol. The number of rotatable bonds is 7. The van der Waals surface area contributed by atoms with Gasteiger partial charge in [-0.2, -0.15) is 11.8 Å². The summed E-state index contributed by atoms with van der Waals surface area (Å²) in [5.41, 5.74) is 0. The molecule has 1 unspecified atom stereocenters. The van der Waals surface area contributed by atoms with E-state index in [9.17, 15) is 0 Å². The predicted octanol–water partition coefficient (Wildman–Crippen LogP) is 2.98. The molecule has 0 radical (unpaired) electrons. The molecule has 0 aromatic rings. The van der Waals surface area contributed by atoms with Crippen molar-refractivity contribution in [2.24, 2.45) is 0 Å². The molecule has 0 aromatic heterocycles. The molecule has 1 rings (SSSR count). The van der Waals surface area contributed by atoms with Crippen molar-refractivity contribution in [2.75, 3.05) is 25.9 Å². The van der Waals surface area contributed by atoms with Crippen LogP contribution in [0.1, 0.15) is 47.0 Å². The molecule has 1 saturated heterocycles. The van der Waals surface area contributed by atoms with Gasteiger partial charge >= 0.3 is 0 Å². The number of nitrogens with one attached hydrogen (secondary N) is 1. The fraction of sp³-hybridized carbons (Fsp3) is 1.00. The van der Waals surface area contributed by atoms with Crippen LogP contribution in [0, 0.1) is 0 Å². The van der Waals surface area contributed by atoms with Gasteiger partial charge in [0.25, 0.3) is 0 Å². The first-order valence-electron chi connectivity index (χ1n) is 7.09. The Morgan fingerprint density at radius 3 is 2.41 bits per heavy atom. The van der Waals surface area contributed by atoms with E-state index in [1.54, 1.807) is 0 Å². The average Bonchev–Trinajstić information content (AvgIpc) is 2.81. The van der Waals surface area contributed by atoms with E-state index < -0.39 is 0 Å². The second kappa shape index (κ2) is 7.01. The lowest BCUT2D eigenvalue weighted by molar-refractivity contribution is 0.267. The summed E-state index contributed by atoms with van der Waals surface area (Å²) < 4.78 is 0.450. The summed E-state index contributed by atoms with van der Waals surface area (Å²) in [6.07, 6.45) is 6.09. The van der Waals surface area contributed by atoms with Crippen LogP contribution in [0.15, 0.2) is 0 Å². The van der Waals surface area contributed by atoms with Crippen LogP contribution < -0.4 is 5.32 Å². The molecule has 0 bridgehead atoms. The second-order valence-electron chi connectivity index (χ2n) is 5.55. The Labute approximate surface area is 112 Å². The third-order valence-corrected chi connectivity index (χ3v) is 5.97. The highest BCUT2D eigenvalue weighted by molar-refractivity contribution is 8.00. The minimum absolute atomic E-state index is 0.450. The molecule has 1 aliphatic rings. The number of hydrogen-bond acceptors (Lipinski definition) is 3. The SMILES string of the molecule is CCC(CC)(CNC1CCN(C(C)C)C1)SC. The van der Waals surface area contributed by atoms with Crippen LogP contribution in [0.5, 0.6) is 0 Å². The van der Waals surface area contributed by atoms with E-state index >= 15 is 0 Å². The van der Waals surface area contributed by atoms with Gasteiger partial charge < -0.3 is 5.32 Å². The highest BCUT2D eigenvalue weighted by Gasteiger charge is 2.28. The highest BCUT2D eigenvalue weighted by Crippen LogP contribution is 2.30. The van der Waals surface area contributed by atoms with Gasteiger partial charge in [-0.25, -0.2) is 0 Å². The molecule has 1 fully saturated rings. The fourth-order valence-corrected chi connectivity index (χ4v) is 3.42. The third-order valence-electron chi connectivity index (χ3n) is 4.38. The van der Waals surface area contributed by atoms with Crippen LogP contribution in [-0.4, -0.2) is 47.6 Å². The van der Waals surface area contributed by atoms with E-state index in [-0.39, 0.29) is 0 Å². The zero-order valence-electron chi connectivity index (χ0n) is 12.3. The maximum atomic E-state index is 3.80. The largest absolute Gasteiger partial charge is 0.311 e. The number of thioether (sulfide) groups is 1. The molecule has 0 aromatic carbocycles. The van der Waals surface area contributed by atoms with Crippen molar-refractivity contribution in [3.05, 3.63) is 0 Å². The Bertz CT molecular complexity index is 206. The first-order chi connectivity index (χ1) is 8.06. The van der Waals surface area contributed by atoms with Crippen LogP contribution in [0.3, 0.4) is 0 Å². The lowest BCUT2D eigenvalue weighted by atomic mass is 10.0. The minimum Gasteiger partial charge on any atom is -0.311 e. The summed E-state index contributed by atoms with van der Waals surface area (Å²) in [6.45, 7) is 12.9. The smallest absolute Gasteiger partial charge is 0.0276 e. The number of nitrogens with zero attached hydrogens (tertiary/aromatic N) is 1. The summed E-state index contributed by atoms with van der Waals surface area (Å²) in [4.78, 5) is 2.58. The van der Waals surface area contributed by atoms with Crippen molar-refractivity contribution in [1.29, 1.82) is 0 Å². The van der Waals surface area contributed by atoms with Crippen LogP contribution >= 0.6 is 11.8 Å².